The van der Waals surface area contributed by atoms with Gasteiger partial charge in [-0.05, 0) is 23.8 Å². The molecule has 1 aromatic carbocycles. The lowest BCUT2D eigenvalue weighted by atomic mass is 10.2. The first kappa shape index (κ1) is 12.1. The smallest absolute Gasteiger partial charge is 0.273 e. The molecule has 2 amide bonds. The van der Waals surface area contributed by atoms with E-state index in [1.54, 1.807) is 0 Å². The van der Waals surface area contributed by atoms with Gasteiger partial charge in [0.25, 0.3) is 5.24 Å². The van der Waals surface area contributed by atoms with Crippen molar-refractivity contribution in [3.63, 3.8) is 0 Å². The largest absolute Gasteiger partial charge is 0.289 e. The lowest BCUT2D eigenvalue weighted by molar-refractivity contribution is -0.125. The molecule has 1 fully saturated rings. The molecule has 1 heterocycles. The van der Waals surface area contributed by atoms with Gasteiger partial charge in [-0.15, -0.1) is 0 Å². The number of halogens is 2. The molecule has 0 saturated carbocycles. The van der Waals surface area contributed by atoms with Crippen LogP contribution in [0.2, 0.25) is 0 Å². The molecule has 0 spiro atoms. The van der Waals surface area contributed by atoms with Gasteiger partial charge in [-0.25, -0.2) is 0 Å². The van der Waals surface area contributed by atoms with E-state index in [9.17, 15) is 9.59 Å². The summed E-state index contributed by atoms with van der Waals surface area (Å²) in [6, 6.07) is 5.70. The minimum atomic E-state index is -0.166. The molecule has 0 bridgehead atoms. The van der Waals surface area contributed by atoms with E-state index in [0.717, 1.165) is 26.3 Å². The Hall–Kier alpha value is -0.330. The maximum Gasteiger partial charge on any atom is 0.289 e. The third-order valence-electron chi connectivity index (χ3n) is 2.10. The van der Waals surface area contributed by atoms with Gasteiger partial charge in [0.2, 0.25) is 5.91 Å². The molecule has 0 aromatic heterocycles. The fourth-order valence-corrected chi connectivity index (χ4v) is 3.53. The van der Waals surface area contributed by atoms with Crippen molar-refractivity contribution in [3.8, 4) is 0 Å². The normalized spacial score (nSPS) is 16.0. The van der Waals surface area contributed by atoms with E-state index in [-0.39, 0.29) is 16.9 Å². The van der Waals surface area contributed by atoms with Crippen molar-refractivity contribution >= 4 is 54.8 Å². The highest BCUT2D eigenvalue weighted by Gasteiger charge is 2.29. The van der Waals surface area contributed by atoms with Crippen molar-refractivity contribution in [1.29, 1.82) is 0 Å². The first-order valence-electron chi connectivity index (χ1n) is 4.48. The molecule has 16 heavy (non-hydrogen) atoms. The third kappa shape index (κ3) is 2.67. The van der Waals surface area contributed by atoms with Crippen LogP contribution in [0.5, 0.6) is 0 Å². The Bertz CT molecular complexity index is 428. The van der Waals surface area contributed by atoms with Crippen molar-refractivity contribution in [2.75, 3.05) is 5.75 Å². The molecule has 0 aliphatic carbocycles. The highest BCUT2D eigenvalue weighted by Crippen LogP contribution is 2.25. The van der Waals surface area contributed by atoms with Gasteiger partial charge in [-0.2, -0.15) is 0 Å². The summed E-state index contributed by atoms with van der Waals surface area (Å²) in [7, 11) is 0. The second kappa shape index (κ2) is 4.89. The molecule has 0 unspecified atom stereocenters. The lowest BCUT2D eigenvalue weighted by Crippen LogP contribution is -2.27. The number of amides is 2. The zero-order valence-corrected chi connectivity index (χ0v) is 12.1. The number of hydrogen-bond donors (Lipinski definition) is 0. The zero-order chi connectivity index (χ0) is 11.7. The van der Waals surface area contributed by atoms with E-state index in [0.29, 0.717) is 6.54 Å². The minimum absolute atomic E-state index is 0.119. The molecule has 2 rings (SSSR count). The average molecular weight is 365 g/mol. The summed E-state index contributed by atoms with van der Waals surface area (Å²) in [6.07, 6.45) is 0. The standard InChI is InChI=1S/C10H7Br2NO2S/c11-7-1-6(2-8(12)3-7)4-13-9(14)5-16-10(13)15/h1-3H,4-5H2. The van der Waals surface area contributed by atoms with Gasteiger partial charge in [-0.1, -0.05) is 43.6 Å². The van der Waals surface area contributed by atoms with E-state index in [1.807, 2.05) is 18.2 Å². The summed E-state index contributed by atoms with van der Waals surface area (Å²) in [5.74, 6) is 0.139. The zero-order valence-electron chi connectivity index (χ0n) is 8.07. The number of rotatable bonds is 2. The molecule has 3 nitrogen and oxygen atoms in total. The Labute approximate surface area is 114 Å². The van der Waals surface area contributed by atoms with Crippen LogP contribution in [-0.2, 0) is 11.3 Å². The molecular weight excluding hydrogens is 358 g/mol. The lowest BCUT2D eigenvalue weighted by Gasteiger charge is -2.13. The summed E-state index contributed by atoms with van der Waals surface area (Å²) >= 11 is 7.79. The topological polar surface area (TPSA) is 37.4 Å². The highest BCUT2D eigenvalue weighted by atomic mass is 79.9. The van der Waals surface area contributed by atoms with Gasteiger partial charge >= 0.3 is 0 Å². The van der Waals surface area contributed by atoms with Gasteiger partial charge < -0.3 is 0 Å². The van der Waals surface area contributed by atoms with Crippen molar-refractivity contribution in [2.45, 2.75) is 6.54 Å². The number of benzene rings is 1. The number of imide groups is 1. The van der Waals surface area contributed by atoms with E-state index in [1.165, 1.54) is 4.90 Å². The Morgan fingerprint density at radius 3 is 2.31 bits per heavy atom. The average Bonchev–Trinajstić information content (AvgIpc) is 2.48. The van der Waals surface area contributed by atoms with Gasteiger partial charge in [-0.3, -0.25) is 14.5 Å². The van der Waals surface area contributed by atoms with Crippen LogP contribution in [0, 0.1) is 0 Å². The van der Waals surface area contributed by atoms with Crippen LogP contribution in [0.4, 0.5) is 4.79 Å². The third-order valence-corrected chi connectivity index (χ3v) is 3.88. The fraction of sp³-hybridized carbons (Fsp3) is 0.200. The van der Waals surface area contributed by atoms with Crippen molar-refractivity contribution in [3.05, 3.63) is 32.7 Å². The van der Waals surface area contributed by atoms with E-state index < -0.39 is 0 Å². The Morgan fingerprint density at radius 1 is 1.19 bits per heavy atom. The maximum atomic E-state index is 11.4. The molecule has 1 saturated heterocycles. The van der Waals surface area contributed by atoms with Crippen LogP contribution >= 0.6 is 43.6 Å². The van der Waals surface area contributed by atoms with Gasteiger partial charge in [0.05, 0.1) is 12.3 Å². The Morgan fingerprint density at radius 2 is 1.81 bits per heavy atom. The van der Waals surface area contributed by atoms with Crippen LogP contribution in [-0.4, -0.2) is 21.8 Å². The molecule has 0 atom stereocenters. The summed E-state index contributed by atoms with van der Waals surface area (Å²) in [4.78, 5) is 24.1. The monoisotopic (exact) mass is 363 g/mol. The Kier molecular flexibility index (Phi) is 3.71. The first-order chi connectivity index (χ1) is 7.56. The Balaban J connectivity index is 2.20. The first-order valence-corrected chi connectivity index (χ1v) is 7.05. The van der Waals surface area contributed by atoms with Crippen LogP contribution in [0.1, 0.15) is 5.56 Å². The van der Waals surface area contributed by atoms with E-state index in [4.69, 9.17) is 0 Å². The second-order valence-corrected chi connectivity index (χ2v) is 6.07. The summed E-state index contributed by atoms with van der Waals surface area (Å²) in [6.45, 7) is 0.336. The summed E-state index contributed by atoms with van der Waals surface area (Å²) in [5, 5.41) is -0.166. The highest BCUT2D eigenvalue weighted by molar-refractivity contribution is 9.11. The van der Waals surface area contributed by atoms with Crippen molar-refractivity contribution in [1.82, 2.24) is 4.90 Å². The number of nitrogens with zero attached hydrogens (tertiary/aromatic N) is 1. The maximum absolute atomic E-state index is 11.4. The van der Waals surface area contributed by atoms with Crippen LogP contribution in [0.3, 0.4) is 0 Å². The molecular formula is C10H7Br2NO2S. The van der Waals surface area contributed by atoms with E-state index in [2.05, 4.69) is 31.9 Å². The van der Waals surface area contributed by atoms with Crippen molar-refractivity contribution in [2.24, 2.45) is 0 Å². The number of thioether (sulfide) groups is 1. The molecule has 84 valence electrons. The van der Waals surface area contributed by atoms with Gasteiger partial charge in [0.1, 0.15) is 0 Å². The molecule has 6 heteroatoms. The van der Waals surface area contributed by atoms with Crippen LogP contribution < -0.4 is 0 Å². The summed E-state index contributed by atoms with van der Waals surface area (Å²) in [5.41, 5.74) is 0.922. The molecule has 1 aromatic rings. The van der Waals surface area contributed by atoms with Gasteiger partial charge in [0.15, 0.2) is 0 Å². The van der Waals surface area contributed by atoms with Crippen molar-refractivity contribution < 1.29 is 9.59 Å². The quantitative estimate of drug-likeness (QED) is 0.806. The molecule has 0 radical (unpaired) electrons. The predicted molar refractivity (Wildman–Crippen MR) is 70.2 cm³/mol. The number of hydrogen-bond acceptors (Lipinski definition) is 3. The number of carbonyl (C=O) groups excluding carboxylic acids is 2. The minimum Gasteiger partial charge on any atom is -0.273 e. The molecule has 1 aliphatic rings. The summed E-state index contributed by atoms with van der Waals surface area (Å²) < 4.78 is 1.84. The SMILES string of the molecule is O=C1CSC(=O)N1Cc1cc(Br)cc(Br)c1. The van der Waals surface area contributed by atoms with E-state index >= 15 is 0 Å². The van der Waals surface area contributed by atoms with Crippen LogP contribution in [0.25, 0.3) is 0 Å². The number of carbonyl (C=O) groups is 2. The van der Waals surface area contributed by atoms with Gasteiger partial charge in [0, 0.05) is 8.95 Å². The molecule has 1 aliphatic heterocycles. The fourth-order valence-electron chi connectivity index (χ4n) is 1.42. The van der Waals surface area contributed by atoms with Crippen LogP contribution in [0.15, 0.2) is 27.1 Å². The second-order valence-electron chi connectivity index (χ2n) is 3.31. The molecule has 0 N–H and O–H groups in total. The predicted octanol–water partition coefficient (Wildman–Crippen LogP) is 3.41.